The first kappa shape index (κ1) is 20.3. The number of hydrogen-bond acceptors (Lipinski definition) is 4. The summed E-state index contributed by atoms with van der Waals surface area (Å²) in [7, 11) is 0. The molecule has 0 aromatic heterocycles. The molecular formula is C26H16Cl2N2O2. The number of para-hydroxylation sites is 2. The predicted molar refractivity (Wildman–Crippen MR) is 129 cm³/mol. The molecule has 0 fully saturated rings. The fourth-order valence-electron chi connectivity index (χ4n) is 3.93. The zero-order valence-corrected chi connectivity index (χ0v) is 18.2. The van der Waals surface area contributed by atoms with Gasteiger partial charge in [-0.3, -0.25) is 18.4 Å². The molecular weight excluding hydrogens is 443 g/mol. The minimum Gasteiger partial charge on any atom is -0.289 e. The Morgan fingerprint density at radius 2 is 0.875 bits per heavy atom. The molecule has 0 amide bonds. The topological polar surface area (TPSA) is 40.6 Å². The number of hydrogen-bond donors (Lipinski definition) is 0. The lowest BCUT2D eigenvalue weighted by atomic mass is 9.82. The molecule has 0 N–H and O–H groups in total. The molecule has 0 unspecified atom stereocenters. The minimum atomic E-state index is -0.302. The highest BCUT2D eigenvalue weighted by Crippen LogP contribution is 2.42. The Morgan fingerprint density at radius 3 is 1.28 bits per heavy atom. The van der Waals surface area contributed by atoms with Gasteiger partial charge in [-0.05, 0) is 36.4 Å². The number of carbonyl (C=O) groups is 2. The van der Waals surface area contributed by atoms with Gasteiger partial charge in [-0.2, -0.15) is 0 Å². The molecule has 0 bridgehead atoms. The second-order valence-corrected chi connectivity index (χ2v) is 7.97. The fourth-order valence-corrected chi connectivity index (χ4v) is 4.44. The standard InChI is InChI=1S/C26H16Cl2N2O2/c27-29(17-9-3-1-4-10-17)21-15-7-13-19-23(21)26(32)24-20(25(19)31)14-8-16-22(24)30(28)18-11-5-2-6-12-18/h1-16H. The van der Waals surface area contributed by atoms with Crippen molar-refractivity contribution >= 4 is 57.9 Å². The highest BCUT2D eigenvalue weighted by molar-refractivity contribution is 6.38. The summed E-state index contributed by atoms with van der Waals surface area (Å²) in [5.41, 5.74) is 3.41. The Kier molecular flexibility index (Phi) is 5.17. The molecule has 32 heavy (non-hydrogen) atoms. The van der Waals surface area contributed by atoms with E-state index in [4.69, 9.17) is 23.6 Å². The van der Waals surface area contributed by atoms with E-state index in [1.807, 2.05) is 60.7 Å². The average molecular weight is 459 g/mol. The summed E-state index contributed by atoms with van der Waals surface area (Å²) in [6.07, 6.45) is 0. The van der Waals surface area contributed by atoms with Crippen LogP contribution < -0.4 is 8.84 Å². The highest BCUT2D eigenvalue weighted by atomic mass is 35.5. The number of halogens is 2. The molecule has 1 aliphatic carbocycles. The molecule has 4 aromatic carbocycles. The number of rotatable bonds is 4. The van der Waals surface area contributed by atoms with Crippen molar-refractivity contribution in [2.24, 2.45) is 0 Å². The van der Waals surface area contributed by atoms with Gasteiger partial charge in [0, 0.05) is 34.7 Å². The average Bonchev–Trinajstić information content (AvgIpc) is 2.86. The van der Waals surface area contributed by atoms with Gasteiger partial charge in [0.15, 0.2) is 11.6 Å². The lowest BCUT2D eigenvalue weighted by Crippen LogP contribution is -2.25. The van der Waals surface area contributed by atoms with Crippen LogP contribution in [-0.4, -0.2) is 11.6 Å². The molecule has 4 aromatic rings. The number of benzene rings is 4. The maximum atomic E-state index is 13.8. The van der Waals surface area contributed by atoms with Crippen LogP contribution in [0.2, 0.25) is 0 Å². The van der Waals surface area contributed by atoms with Crippen LogP contribution in [0.4, 0.5) is 22.7 Å². The first-order valence-corrected chi connectivity index (χ1v) is 10.6. The van der Waals surface area contributed by atoms with Gasteiger partial charge in [-0.15, -0.1) is 0 Å². The summed E-state index contributed by atoms with van der Waals surface area (Å²) < 4.78 is 2.79. The molecule has 5 rings (SSSR count). The predicted octanol–water partition coefficient (Wildman–Crippen LogP) is 7.05. The molecule has 0 atom stereocenters. The van der Waals surface area contributed by atoms with E-state index in [2.05, 4.69) is 0 Å². The van der Waals surface area contributed by atoms with E-state index in [0.29, 0.717) is 33.9 Å². The van der Waals surface area contributed by atoms with E-state index < -0.39 is 0 Å². The van der Waals surface area contributed by atoms with E-state index in [-0.39, 0.29) is 22.7 Å². The summed E-state index contributed by atoms with van der Waals surface area (Å²) in [6.45, 7) is 0. The maximum Gasteiger partial charge on any atom is 0.198 e. The molecule has 156 valence electrons. The number of carbonyl (C=O) groups excluding carboxylic acids is 2. The highest BCUT2D eigenvalue weighted by Gasteiger charge is 2.35. The Balaban J connectivity index is 1.68. The van der Waals surface area contributed by atoms with Crippen molar-refractivity contribution in [2.45, 2.75) is 0 Å². The van der Waals surface area contributed by atoms with Gasteiger partial charge in [0.25, 0.3) is 0 Å². The lowest BCUT2D eigenvalue weighted by Gasteiger charge is -2.27. The van der Waals surface area contributed by atoms with Crippen LogP contribution >= 0.6 is 23.6 Å². The molecule has 0 saturated carbocycles. The quantitative estimate of drug-likeness (QED) is 0.270. The summed E-state index contributed by atoms with van der Waals surface area (Å²) >= 11 is 13.3. The van der Waals surface area contributed by atoms with Crippen LogP contribution in [0.25, 0.3) is 0 Å². The van der Waals surface area contributed by atoms with Gasteiger partial charge < -0.3 is 0 Å². The van der Waals surface area contributed by atoms with Crippen molar-refractivity contribution in [3.63, 3.8) is 0 Å². The molecule has 0 saturated heterocycles. The van der Waals surface area contributed by atoms with Crippen LogP contribution in [0, 0.1) is 0 Å². The van der Waals surface area contributed by atoms with Crippen molar-refractivity contribution in [3.8, 4) is 0 Å². The second kappa shape index (κ2) is 8.15. The van der Waals surface area contributed by atoms with Crippen LogP contribution in [0.5, 0.6) is 0 Å². The van der Waals surface area contributed by atoms with Crippen LogP contribution in [-0.2, 0) is 0 Å². The van der Waals surface area contributed by atoms with Crippen molar-refractivity contribution in [3.05, 3.63) is 119 Å². The third-order valence-electron chi connectivity index (χ3n) is 5.42. The third kappa shape index (κ3) is 3.25. The zero-order chi connectivity index (χ0) is 22.2. The maximum absolute atomic E-state index is 13.8. The van der Waals surface area contributed by atoms with Crippen molar-refractivity contribution in [1.82, 2.24) is 0 Å². The summed E-state index contributed by atoms with van der Waals surface area (Å²) in [6, 6.07) is 28.7. The molecule has 0 heterocycles. The monoisotopic (exact) mass is 458 g/mol. The third-order valence-corrected chi connectivity index (χ3v) is 6.17. The number of ketones is 2. The Morgan fingerprint density at radius 1 is 0.469 bits per heavy atom. The van der Waals surface area contributed by atoms with Gasteiger partial charge in [-0.25, -0.2) is 0 Å². The van der Waals surface area contributed by atoms with Gasteiger partial charge >= 0.3 is 0 Å². The summed E-state index contributed by atoms with van der Waals surface area (Å²) in [5, 5.41) is 0. The first-order chi connectivity index (χ1) is 15.6. The van der Waals surface area contributed by atoms with Crippen LogP contribution in [0.3, 0.4) is 0 Å². The van der Waals surface area contributed by atoms with Crippen LogP contribution in [0.1, 0.15) is 31.8 Å². The van der Waals surface area contributed by atoms with Crippen molar-refractivity contribution in [1.29, 1.82) is 0 Å². The zero-order valence-electron chi connectivity index (χ0n) is 16.7. The van der Waals surface area contributed by atoms with E-state index in [0.717, 1.165) is 0 Å². The van der Waals surface area contributed by atoms with Gasteiger partial charge in [-0.1, -0.05) is 60.7 Å². The Bertz CT molecular complexity index is 1240. The SMILES string of the molecule is O=C1c2cccc(N(Cl)c3ccccc3)c2C(=O)c2c1cccc2N(Cl)c1ccccc1. The largest absolute Gasteiger partial charge is 0.289 e. The summed E-state index contributed by atoms with van der Waals surface area (Å²) in [5.74, 6) is -0.543. The van der Waals surface area contributed by atoms with E-state index in [1.54, 1.807) is 36.4 Å². The van der Waals surface area contributed by atoms with Gasteiger partial charge in [0.1, 0.15) is 0 Å². The van der Waals surface area contributed by atoms with Crippen molar-refractivity contribution in [2.75, 3.05) is 8.84 Å². The van der Waals surface area contributed by atoms with E-state index >= 15 is 0 Å². The summed E-state index contributed by atoms with van der Waals surface area (Å²) in [4.78, 5) is 27.2. The molecule has 0 radical (unpaired) electrons. The number of fused-ring (bicyclic) bond motifs is 2. The number of nitrogens with zero attached hydrogens (tertiary/aromatic N) is 2. The second-order valence-electron chi connectivity index (χ2n) is 7.29. The normalized spacial score (nSPS) is 12.2. The van der Waals surface area contributed by atoms with Gasteiger partial charge in [0.2, 0.25) is 0 Å². The molecule has 4 nitrogen and oxygen atoms in total. The molecule has 0 spiro atoms. The van der Waals surface area contributed by atoms with Gasteiger partial charge in [0.05, 0.1) is 33.9 Å². The van der Waals surface area contributed by atoms with E-state index in [9.17, 15) is 9.59 Å². The van der Waals surface area contributed by atoms with Crippen molar-refractivity contribution < 1.29 is 9.59 Å². The molecule has 6 heteroatoms. The Hall–Kier alpha value is -3.60. The smallest absolute Gasteiger partial charge is 0.198 e. The molecule has 1 aliphatic rings. The molecule has 0 aliphatic heterocycles. The van der Waals surface area contributed by atoms with E-state index in [1.165, 1.54) is 8.84 Å². The number of anilines is 4. The Labute approximate surface area is 195 Å². The lowest BCUT2D eigenvalue weighted by molar-refractivity contribution is 0.0980. The first-order valence-electron chi connectivity index (χ1n) is 9.95. The fraction of sp³-hybridized carbons (Fsp3) is 0. The van der Waals surface area contributed by atoms with Crippen LogP contribution in [0.15, 0.2) is 97.1 Å². The minimum absolute atomic E-state index is 0.241.